The number of hydrogen-bond donors (Lipinski definition) is 1. The Morgan fingerprint density at radius 3 is 2.69 bits per heavy atom. The van der Waals surface area contributed by atoms with Crippen LogP contribution in [0.1, 0.15) is 11.8 Å². The summed E-state index contributed by atoms with van der Waals surface area (Å²) in [5, 5.41) is 4.37. The molecule has 140 valence electrons. The zero-order chi connectivity index (χ0) is 18.9. The smallest absolute Gasteiger partial charge is 0.387 e. The van der Waals surface area contributed by atoms with E-state index in [1.54, 1.807) is 17.4 Å². The number of thioether (sulfide) groups is 1. The molecular formula is C17H17F2NO4S2. The van der Waals surface area contributed by atoms with Crippen LogP contribution in [0.5, 0.6) is 5.75 Å². The SMILES string of the molecule is C[C@H](OC(=O)CSCc1cccs1)C(=O)Nc1ccccc1OC(F)F. The molecule has 1 heterocycles. The van der Waals surface area contributed by atoms with E-state index in [4.69, 9.17) is 4.74 Å². The molecule has 0 bridgehead atoms. The zero-order valence-electron chi connectivity index (χ0n) is 13.8. The Balaban J connectivity index is 1.80. The Morgan fingerprint density at radius 1 is 1.23 bits per heavy atom. The second kappa shape index (κ2) is 10.1. The first-order valence-corrected chi connectivity index (χ1v) is 9.63. The number of carbonyl (C=O) groups is 2. The summed E-state index contributed by atoms with van der Waals surface area (Å²) in [6.45, 7) is -1.60. The molecule has 0 saturated carbocycles. The predicted octanol–water partition coefficient (Wildman–Crippen LogP) is 4.15. The first-order valence-electron chi connectivity index (χ1n) is 7.60. The van der Waals surface area contributed by atoms with Gasteiger partial charge in [0.05, 0.1) is 11.4 Å². The average Bonchev–Trinajstić information content (AvgIpc) is 3.09. The summed E-state index contributed by atoms with van der Waals surface area (Å²) in [6, 6.07) is 9.69. The number of ether oxygens (including phenoxy) is 2. The van der Waals surface area contributed by atoms with Crippen molar-refractivity contribution in [2.45, 2.75) is 25.4 Å². The molecule has 2 rings (SSSR count). The molecule has 5 nitrogen and oxygen atoms in total. The van der Waals surface area contributed by atoms with Gasteiger partial charge in [-0.1, -0.05) is 18.2 Å². The van der Waals surface area contributed by atoms with Gasteiger partial charge < -0.3 is 14.8 Å². The third kappa shape index (κ3) is 6.64. The highest BCUT2D eigenvalue weighted by Crippen LogP contribution is 2.25. The van der Waals surface area contributed by atoms with Crippen LogP contribution in [-0.4, -0.2) is 30.3 Å². The third-order valence-electron chi connectivity index (χ3n) is 3.08. The molecule has 0 saturated heterocycles. The topological polar surface area (TPSA) is 64.6 Å². The van der Waals surface area contributed by atoms with Crippen molar-refractivity contribution in [3.8, 4) is 5.75 Å². The van der Waals surface area contributed by atoms with E-state index in [2.05, 4.69) is 10.1 Å². The van der Waals surface area contributed by atoms with Gasteiger partial charge >= 0.3 is 12.6 Å². The molecule has 1 atom stereocenters. The van der Waals surface area contributed by atoms with Crippen LogP contribution in [0.15, 0.2) is 41.8 Å². The lowest BCUT2D eigenvalue weighted by Gasteiger charge is -2.15. The summed E-state index contributed by atoms with van der Waals surface area (Å²) in [5.74, 6) is -0.522. The Bertz CT molecular complexity index is 725. The maximum Gasteiger partial charge on any atom is 0.387 e. The Morgan fingerprint density at radius 2 is 2.00 bits per heavy atom. The molecule has 0 aliphatic rings. The van der Waals surface area contributed by atoms with Crippen molar-refractivity contribution in [3.05, 3.63) is 46.7 Å². The average molecular weight is 401 g/mol. The maximum atomic E-state index is 12.4. The molecule has 0 aliphatic carbocycles. The van der Waals surface area contributed by atoms with Crippen LogP contribution in [0.4, 0.5) is 14.5 Å². The number of benzene rings is 1. The van der Waals surface area contributed by atoms with Crippen molar-refractivity contribution in [2.24, 2.45) is 0 Å². The molecule has 0 unspecified atom stereocenters. The lowest BCUT2D eigenvalue weighted by atomic mass is 10.2. The minimum Gasteiger partial charge on any atom is -0.452 e. The second-order valence-electron chi connectivity index (χ2n) is 5.07. The van der Waals surface area contributed by atoms with Gasteiger partial charge in [-0.05, 0) is 30.5 Å². The van der Waals surface area contributed by atoms with Crippen molar-refractivity contribution < 1.29 is 27.8 Å². The summed E-state index contributed by atoms with van der Waals surface area (Å²) in [4.78, 5) is 25.1. The van der Waals surface area contributed by atoms with Crippen molar-refractivity contribution >= 4 is 40.7 Å². The third-order valence-corrected chi connectivity index (χ3v) is 5.10. The van der Waals surface area contributed by atoms with E-state index in [1.807, 2.05) is 17.5 Å². The van der Waals surface area contributed by atoms with Gasteiger partial charge in [0.25, 0.3) is 5.91 Å². The van der Waals surface area contributed by atoms with Crippen molar-refractivity contribution in [2.75, 3.05) is 11.1 Å². The number of rotatable bonds is 9. The fourth-order valence-electron chi connectivity index (χ4n) is 1.92. The number of hydrogen-bond acceptors (Lipinski definition) is 6. The molecule has 9 heteroatoms. The molecule has 2 aromatic rings. The van der Waals surface area contributed by atoms with Crippen LogP contribution >= 0.6 is 23.1 Å². The molecule has 0 radical (unpaired) electrons. The predicted molar refractivity (Wildman–Crippen MR) is 97.7 cm³/mol. The Labute approximate surface area is 157 Å². The molecule has 0 spiro atoms. The minimum atomic E-state index is -3.01. The van der Waals surface area contributed by atoms with Crippen molar-refractivity contribution in [1.29, 1.82) is 0 Å². The number of para-hydroxylation sites is 2. The normalized spacial score (nSPS) is 11.8. The fourth-order valence-corrected chi connectivity index (χ4v) is 3.56. The Hall–Kier alpha value is -2.13. The fraction of sp³-hybridized carbons (Fsp3) is 0.294. The number of thiophene rings is 1. The molecular weight excluding hydrogens is 384 g/mol. The number of carbonyl (C=O) groups excluding carboxylic acids is 2. The van der Waals surface area contributed by atoms with Gasteiger partial charge in [-0.15, -0.1) is 23.1 Å². The summed E-state index contributed by atoms with van der Waals surface area (Å²) < 4.78 is 34.2. The molecule has 1 amide bonds. The number of anilines is 1. The number of halogens is 2. The standard InChI is InChI=1S/C17H17F2NO4S2/c1-11(23-15(21)10-25-9-12-5-4-8-26-12)16(22)20-13-6-2-3-7-14(13)24-17(18)19/h2-8,11,17H,9-10H2,1H3,(H,20,22)/t11-/m0/s1. The van der Waals surface area contributed by atoms with Gasteiger partial charge in [0.2, 0.25) is 0 Å². The van der Waals surface area contributed by atoms with Crippen molar-refractivity contribution in [3.63, 3.8) is 0 Å². The highest BCUT2D eigenvalue weighted by atomic mass is 32.2. The van der Waals surface area contributed by atoms with Gasteiger partial charge in [0.15, 0.2) is 6.10 Å². The molecule has 1 aromatic heterocycles. The van der Waals surface area contributed by atoms with Crippen LogP contribution in [0, 0.1) is 0 Å². The maximum absolute atomic E-state index is 12.4. The minimum absolute atomic E-state index is 0.0766. The van der Waals surface area contributed by atoms with Gasteiger partial charge in [0, 0.05) is 10.6 Å². The summed E-state index contributed by atoms with van der Waals surface area (Å²) >= 11 is 2.98. The van der Waals surface area contributed by atoms with Gasteiger partial charge in [-0.3, -0.25) is 9.59 Å². The van der Waals surface area contributed by atoms with E-state index in [1.165, 1.54) is 36.9 Å². The summed E-state index contributed by atoms with van der Waals surface area (Å²) in [6.07, 6.45) is -1.07. The summed E-state index contributed by atoms with van der Waals surface area (Å²) in [5.41, 5.74) is 0.0766. The first kappa shape index (κ1) is 20.2. The van der Waals surface area contributed by atoms with E-state index in [9.17, 15) is 18.4 Å². The van der Waals surface area contributed by atoms with Gasteiger partial charge in [0.1, 0.15) is 5.75 Å². The van der Waals surface area contributed by atoms with E-state index < -0.39 is 24.6 Å². The van der Waals surface area contributed by atoms with E-state index in [0.717, 1.165) is 4.88 Å². The number of alkyl halides is 2. The van der Waals surface area contributed by atoms with E-state index in [0.29, 0.717) is 5.75 Å². The quantitative estimate of drug-likeness (QED) is 0.640. The molecule has 26 heavy (non-hydrogen) atoms. The first-order chi connectivity index (χ1) is 12.5. The highest BCUT2D eigenvalue weighted by Gasteiger charge is 2.20. The lowest BCUT2D eigenvalue weighted by Crippen LogP contribution is -2.30. The van der Waals surface area contributed by atoms with Crippen molar-refractivity contribution in [1.82, 2.24) is 0 Å². The number of amides is 1. The van der Waals surface area contributed by atoms with E-state index >= 15 is 0 Å². The molecule has 0 aliphatic heterocycles. The molecule has 1 aromatic carbocycles. The zero-order valence-corrected chi connectivity index (χ0v) is 15.4. The number of esters is 1. The van der Waals surface area contributed by atoms with Crippen LogP contribution in [0.3, 0.4) is 0 Å². The van der Waals surface area contributed by atoms with Crippen LogP contribution in [-0.2, 0) is 20.1 Å². The highest BCUT2D eigenvalue weighted by molar-refractivity contribution is 7.99. The van der Waals surface area contributed by atoms with Crippen LogP contribution in [0.25, 0.3) is 0 Å². The summed E-state index contributed by atoms with van der Waals surface area (Å²) in [7, 11) is 0. The lowest BCUT2D eigenvalue weighted by molar-refractivity contribution is -0.150. The number of nitrogens with one attached hydrogen (secondary N) is 1. The van der Waals surface area contributed by atoms with Crippen LogP contribution in [0.2, 0.25) is 0 Å². The monoisotopic (exact) mass is 401 g/mol. The molecule has 0 fully saturated rings. The Kier molecular flexibility index (Phi) is 7.86. The largest absolute Gasteiger partial charge is 0.452 e. The van der Waals surface area contributed by atoms with Gasteiger partial charge in [-0.25, -0.2) is 0 Å². The van der Waals surface area contributed by atoms with Crippen LogP contribution < -0.4 is 10.1 Å². The van der Waals surface area contributed by atoms with Gasteiger partial charge in [-0.2, -0.15) is 8.78 Å². The second-order valence-corrected chi connectivity index (χ2v) is 7.09. The molecule has 1 N–H and O–H groups in total. The van der Waals surface area contributed by atoms with E-state index in [-0.39, 0.29) is 17.2 Å².